The van der Waals surface area contributed by atoms with E-state index >= 15 is 0 Å². The summed E-state index contributed by atoms with van der Waals surface area (Å²) in [7, 11) is 1.63. The molecule has 1 unspecified atom stereocenters. The van der Waals surface area contributed by atoms with Gasteiger partial charge in [-0.25, -0.2) is 9.40 Å². The fraction of sp³-hybridized carbons (Fsp3) is 0.417. The number of hydrazone groups is 1. The molecule has 31 heavy (non-hydrogen) atoms. The van der Waals surface area contributed by atoms with Crippen LogP contribution in [0.2, 0.25) is 0 Å². The summed E-state index contributed by atoms with van der Waals surface area (Å²) in [5.74, 6) is 0.407. The van der Waals surface area contributed by atoms with Crippen molar-refractivity contribution in [1.82, 2.24) is 14.8 Å². The number of piperazine rings is 1. The number of carbonyl (C=O) groups excluding carboxylic acids is 1. The quantitative estimate of drug-likeness (QED) is 0.715. The number of hydrogen-bond acceptors (Lipinski definition) is 5. The third-order valence-electron chi connectivity index (χ3n) is 6.09. The minimum atomic E-state index is -0.308. The number of rotatable bonds is 6. The fourth-order valence-electron chi connectivity index (χ4n) is 4.20. The van der Waals surface area contributed by atoms with E-state index in [1.807, 2.05) is 30.3 Å². The second-order valence-electron chi connectivity index (χ2n) is 8.00. The van der Waals surface area contributed by atoms with Gasteiger partial charge in [0.2, 0.25) is 0 Å². The summed E-state index contributed by atoms with van der Waals surface area (Å²) in [4.78, 5) is 17.8. The molecule has 0 saturated carbocycles. The summed E-state index contributed by atoms with van der Waals surface area (Å²) in [6.07, 6.45) is 0.547. The van der Waals surface area contributed by atoms with E-state index in [-0.39, 0.29) is 17.8 Å². The van der Waals surface area contributed by atoms with E-state index in [2.05, 4.69) is 16.7 Å². The lowest BCUT2D eigenvalue weighted by molar-refractivity contribution is -0.134. The molecule has 0 spiro atoms. The van der Waals surface area contributed by atoms with Gasteiger partial charge in [0.1, 0.15) is 11.6 Å². The van der Waals surface area contributed by atoms with Crippen LogP contribution < -0.4 is 4.74 Å². The molecule has 2 aliphatic rings. The van der Waals surface area contributed by atoms with Crippen molar-refractivity contribution in [3.8, 4) is 5.75 Å². The Hall–Kier alpha value is -2.77. The third-order valence-corrected chi connectivity index (χ3v) is 6.09. The van der Waals surface area contributed by atoms with Gasteiger partial charge in [-0.05, 0) is 54.1 Å². The van der Waals surface area contributed by atoms with Crippen LogP contribution in [0.15, 0.2) is 53.6 Å². The van der Waals surface area contributed by atoms with Crippen LogP contribution in [-0.2, 0) is 4.79 Å². The van der Waals surface area contributed by atoms with Gasteiger partial charge >= 0.3 is 0 Å². The molecule has 7 heteroatoms. The minimum Gasteiger partial charge on any atom is -0.497 e. The van der Waals surface area contributed by atoms with E-state index in [0.717, 1.165) is 55.3 Å². The molecule has 2 aliphatic heterocycles. The molecule has 2 aromatic carbocycles. The average Bonchev–Trinajstić information content (AvgIpc) is 3.25. The summed E-state index contributed by atoms with van der Waals surface area (Å²) < 4.78 is 19.2. The molecular formula is C24H29FN4O2. The van der Waals surface area contributed by atoms with Gasteiger partial charge in [0.25, 0.3) is 5.91 Å². The zero-order chi connectivity index (χ0) is 21.8. The summed E-state index contributed by atoms with van der Waals surface area (Å²) in [5.41, 5.74) is 2.52. The molecule has 0 bridgehead atoms. The first-order chi connectivity index (χ1) is 15.1. The van der Waals surface area contributed by atoms with Gasteiger partial charge < -0.3 is 9.64 Å². The molecule has 164 valence electrons. The Labute approximate surface area is 182 Å². The van der Waals surface area contributed by atoms with Crippen molar-refractivity contribution in [1.29, 1.82) is 0 Å². The largest absolute Gasteiger partial charge is 0.497 e. The van der Waals surface area contributed by atoms with Crippen molar-refractivity contribution >= 4 is 11.6 Å². The summed E-state index contributed by atoms with van der Waals surface area (Å²) in [5, 5.41) is 6.25. The van der Waals surface area contributed by atoms with Gasteiger partial charge in [0, 0.05) is 32.6 Å². The molecule has 1 atom stereocenters. The molecule has 4 rings (SSSR count). The van der Waals surface area contributed by atoms with E-state index in [4.69, 9.17) is 9.84 Å². The Morgan fingerprint density at radius 3 is 2.45 bits per heavy atom. The lowest BCUT2D eigenvalue weighted by Gasteiger charge is -2.34. The number of nitrogens with zero attached hydrogens (tertiary/aromatic N) is 4. The van der Waals surface area contributed by atoms with Gasteiger partial charge in [-0.15, -0.1) is 0 Å². The average molecular weight is 425 g/mol. The van der Waals surface area contributed by atoms with Crippen molar-refractivity contribution in [2.75, 3.05) is 46.4 Å². The highest BCUT2D eigenvalue weighted by atomic mass is 19.1. The van der Waals surface area contributed by atoms with E-state index in [0.29, 0.717) is 13.0 Å². The molecule has 1 amide bonds. The van der Waals surface area contributed by atoms with E-state index in [1.54, 1.807) is 18.2 Å². The minimum absolute atomic E-state index is 0.0530. The summed E-state index contributed by atoms with van der Waals surface area (Å²) in [6, 6.07) is 13.8. The van der Waals surface area contributed by atoms with E-state index in [1.165, 1.54) is 12.1 Å². The van der Waals surface area contributed by atoms with Crippen LogP contribution in [0.4, 0.5) is 4.39 Å². The second kappa shape index (κ2) is 9.58. The predicted octanol–water partition coefficient (Wildman–Crippen LogP) is 3.15. The monoisotopic (exact) mass is 424 g/mol. The molecule has 0 aliphatic carbocycles. The van der Waals surface area contributed by atoms with Gasteiger partial charge in [0.15, 0.2) is 0 Å². The maximum atomic E-state index is 13.9. The maximum Gasteiger partial charge on any atom is 0.257 e. The van der Waals surface area contributed by atoms with Crippen molar-refractivity contribution < 1.29 is 13.9 Å². The zero-order valence-corrected chi connectivity index (χ0v) is 18.1. The normalized spacial score (nSPS) is 20.0. The number of halogens is 1. The number of ether oxygens (including phenoxy) is 1. The van der Waals surface area contributed by atoms with Crippen molar-refractivity contribution in [3.63, 3.8) is 0 Å². The smallest absolute Gasteiger partial charge is 0.257 e. The zero-order valence-electron chi connectivity index (χ0n) is 18.1. The lowest BCUT2D eigenvalue weighted by Crippen LogP contribution is -2.49. The van der Waals surface area contributed by atoms with Gasteiger partial charge in [-0.1, -0.05) is 19.1 Å². The first-order valence-electron chi connectivity index (χ1n) is 10.8. The van der Waals surface area contributed by atoms with Crippen LogP contribution in [0.3, 0.4) is 0 Å². The molecule has 0 aromatic heterocycles. The Morgan fingerprint density at radius 1 is 1.10 bits per heavy atom. The highest BCUT2D eigenvalue weighted by molar-refractivity contribution is 6.03. The number of methoxy groups -OCH3 is 1. The van der Waals surface area contributed by atoms with Crippen LogP contribution in [0.1, 0.15) is 30.5 Å². The van der Waals surface area contributed by atoms with Crippen molar-refractivity contribution in [3.05, 3.63) is 65.5 Å². The highest BCUT2D eigenvalue weighted by Crippen LogP contribution is 2.33. The van der Waals surface area contributed by atoms with Gasteiger partial charge in [-0.2, -0.15) is 5.10 Å². The molecule has 6 nitrogen and oxygen atoms in total. The van der Waals surface area contributed by atoms with Crippen molar-refractivity contribution in [2.24, 2.45) is 5.10 Å². The number of carbonyl (C=O) groups is 1. The maximum absolute atomic E-state index is 13.9. The Morgan fingerprint density at radius 2 is 1.81 bits per heavy atom. The molecule has 1 fully saturated rings. The predicted molar refractivity (Wildman–Crippen MR) is 119 cm³/mol. The topological polar surface area (TPSA) is 48.4 Å². The standard InChI is InChI=1S/C24H29FN4O2/c1-3-27-11-13-28(14-12-27)17-24(30)29-23(19-5-4-6-20(25)15-19)16-22(26-29)18-7-9-21(31-2)10-8-18/h4-10,15,23H,3,11-14,16-17H2,1-2H3. The molecule has 1 saturated heterocycles. The van der Waals surface area contributed by atoms with Crippen LogP contribution >= 0.6 is 0 Å². The Balaban J connectivity index is 1.55. The molecule has 0 radical (unpaired) electrons. The van der Waals surface area contributed by atoms with Crippen molar-refractivity contribution in [2.45, 2.75) is 19.4 Å². The van der Waals surface area contributed by atoms with Crippen LogP contribution in [0.5, 0.6) is 5.75 Å². The highest BCUT2D eigenvalue weighted by Gasteiger charge is 2.34. The number of hydrogen-bond donors (Lipinski definition) is 0. The van der Waals surface area contributed by atoms with E-state index < -0.39 is 0 Å². The molecular weight excluding hydrogens is 395 g/mol. The number of benzene rings is 2. The third kappa shape index (κ3) is 4.94. The Kier molecular flexibility index (Phi) is 6.63. The fourth-order valence-corrected chi connectivity index (χ4v) is 4.20. The lowest BCUT2D eigenvalue weighted by atomic mass is 9.98. The van der Waals surface area contributed by atoms with Crippen LogP contribution in [-0.4, -0.2) is 72.8 Å². The second-order valence-corrected chi connectivity index (χ2v) is 8.00. The number of likely N-dealkylation sites (N-methyl/N-ethyl adjacent to an activating group) is 1. The van der Waals surface area contributed by atoms with Gasteiger partial charge in [0.05, 0.1) is 25.4 Å². The SMILES string of the molecule is CCN1CCN(CC(=O)N2N=C(c3ccc(OC)cc3)CC2c2cccc(F)c2)CC1. The van der Waals surface area contributed by atoms with Crippen LogP contribution in [0, 0.1) is 5.82 Å². The van der Waals surface area contributed by atoms with E-state index in [9.17, 15) is 9.18 Å². The number of amides is 1. The van der Waals surface area contributed by atoms with Gasteiger partial charge in [-0.3, -0.25) is 9.69 Å². The molecule has 0 N–H and O–H groups in total. The summed E-state index contributed by atoms with van der Waals surface area (Å²) >= 11 is 0. The Bertz CT molecular complexity index is 939. The molecule has 2 aromatic rings. The summed E-state index contributed by atoms with van der Waals surface area (Å²) in [6.45, 7) is 7.19. The first-order valence-corrected chi connectivity index (χ1v) is 10.8. The molecule has 2 heterocycles. The van der Waals surface area contributed by atoms with Crippen LogP contribution in [0.25, 0.3) is 0 Å². The first kappa shape index (κ1) is 21.5.